The number of rotatable bonds is 1. The maximum absolute atomic E-state index is 12.5. The lowest BCUT2D eigenvalue weighted by Crippen LogP contribution is -2.30. The molecule has 0 atom stereocenters. The molecule has 1 aliphatic rings. The second kappa shape index (κ2) is 5.18. The summed E-state index contributed by atoms with van der Waals surface area (Å²) < 4.78 is 1.06. The monoisotopic (exact) mass is 355 g/mol. The van der Waals surface area contributed by atoms with Crippen LogP contribution in [-0.4, -0.2) is 15.9 Å². The Morgan fingerprint density at radius 3 is 2.86 bits per heavy atom. The van der Waals surface area contributed by atoms with Crippen LogP contribution in [0.5, 0.6) is 0 Å². The first-order valence-corrected chi connectivity index (χ1v) is 7.90. The highest BCUT2D eigenvalue weighted by Gasteiger charge is 2.25. The van der Waals surface area contributed by atoms with Gasteiger partial charge in [-0.05, 0) is 23.3 Å². The van der Waals surface area contributed by atoms with Crippen LogP contribution in [0.1, 0.15) is 11.1 Å². The van der Waals surface area contributed by atoms with E-state index >= 15 is 0 Å². The molecular weight excluding hydrogens is 342 g/mol. The Bertz CT molecular complexity index is 871. The largest absolute Gasteiger partial charge is 0.359 e. The number of hydrogen-bond donors (Lipinski definition) is 2. The Balaban J connectivity index is 1.56. The van der Waals surface area contributed by atoms with Crippen molar-refractivity contribution in [3.05, 3.63) is 64.3 Å². The van der Waals surface area contributed by atoms with E-state index in [1.165, 1.54) is 11.1 Å². The zero-order valence-corrected chi connectivity index (χ0v) is 13.4. The molecule has 4 rings (SSSR count). The molecule has 1 aromatic heterocycles. The molecule has 2 amide bonds. The summed E-state index contributed by atoms with van der Waals surface area (Å²) in [4.78, 5) is 17.5. The number of fused-ring (bicyclic) bond motifs is 2. The molecule has 2 aromatic carbocycles. The van der Waals surface area contributed by atoms with Crippen molar-refractivity contribution in [3.8, 4) is 0 Å². The van der Waals surface area contributed by atoms with E-state index in [0.29, 0.717) is 13.1 Å². The predicted molar refractivity (Wildman–Crippen MR) is 90.7 cm³/mol. The van der Waals surface area contributed by atoms with Crippen molar-refractivity contribution < 1.29 is 4.79 Å². The third-order valence-corrected chi connectivity index (χ3v) is 4.79. The fourth-order valence-corrected chi connectivity index (χ4v) is 3.43. The maximum atomic E-state index is 12.5. The topological polar surface area (TPSA) is 48.1 Å². The minimum Gasteiger partial charge on any atom is -0.359 e. The number of para-hydroxylation sites is 1. The average molecular weight is 356 g/mol. The molecule has 110 valence electrons. The number of nitrogens with zero attached hydrogens (tertiary/aromatic N) is 1. The zero-order valence-electron chi connectivity index (χ0n) is 11.8. The van der Waals surface area contributed by atoms with Crippen LogP contribution in [0, 0.1) is 0 Å². The van der Waals surface area contributed by atoms with Crippen LogP contribution in [0.4, 0.5) is 10.5 Å². The lowest BCUT2D eigenvalue weighted by atomic mass is 10.1. The number of nitrogens with one attached hydrogen (secondary N) is 2. The third-order valence-electron chi connectivity index (χ3n) is 4.04. The summed E-state index contributed by atoms with van der Waals surface area (Å²) in [5, 5.41) is 4.02. The van der Waals surface area contributed by atoms with Crippen LogP contribution in [0.3, 0.4) is 0 Å². The van der Waals surface area contributed by atoms with Gasteiger partial charge in [0.05, 0.1) is 5.69 Å². The normalized spacial score (nSPS) is 13.4. The van der Waals surface area contributed by atoms with Crippen LogP contribution in [0.15, 0.2) is 53.1 Å². The van der Waals surface area contributed by atoms with E-state index in [9.17, 15) is 4.79 Å². The van der Waals surface area contributed by atoms with E-state index in [-0.39, 0.29) is 6.03 Å². The van der Waals surface area contributed by atoms with Gasteiger partial charge in [-0.3, -0.25) is 0 Å². The van der Waals surface area contributed by atoms with E-state index in [0.717, 1.165) is 21.1 Å². The van der Waals surface area contributed by atoms with E-state index in [1.807, 2.05) is 47.5 Å². The standard InChI is InChI=1S/C17H14BrN3O/c18-14-6-3-4-11-9-21(10-13(11)14)17(22)20-16-8-19-15-7-2-1-5-12(15)16/h1-8,19H,9-10H2,(H,20,22). The predicted octanol–water partition coefficient (Wildman–Crippen LogP) is 4.48. The van der Waals surface area contributed by atoms with Crippen molar-refractivity contribution in [1.29, 1.82) is 0 Å². The molecule has 3 aromatic rings. The number of anilines is 1. The highest BCUT2D eigenvalue weighted by molar-refractivity contribution is 9.10. The Labute approximate surface area is 136 Å². The van der Waals surface area contributed by atoms with Gasteiger partial charge in [-0.25, -0.2) is 4.79 Å². The molecular formula is C17H14BrN3O. The number of amides is 2. The minimum absolute atomic E-state index is 0.0761. The lowest BCUT2D eigenvalue weighted by Gasteiger charge is -2.16. The lowest BCUT2D eigenvalue weighted by molar-refractivity contribution is 0.212. The Kier molecular flexibility index (Phi) is 3.15. The Morgan fingerprint density at radius 1 is 1.14 bits per heavy atom. The van der Waals surface area contributed by atoms with Crippen molar-refractivity contribution in [2.75, 3.05) is 5.32 Å². The molecule has 0 saturated heterocycles. The van der Waals surface area contributed by atoms with Gasteiger partial charge in [0.25, 0.3) is 0 Å². The van der Waals surface area contributed by atoms with Crippen LogP contribution in [-0.2, 0) is 13.1 Å². The molecule has 0 saturated carbocycles. The highest BCUT2D eigenvalue weighted by Crippen LogP contribution is 2.30. The molecule has 22 heavy (non-hydrogen) atoms. The second-order valence-corrected chi connectivity index (χ2v) is 6.27. The van der Waals surface area contributed by atoms with E-state index in [1.54, 1.807) is 0 Å². The summed E-state index contributed by atoms with van der Waals surface area (Å²) in [6.45, 7) is 1.27. The van der Waals surface area contributed by atoms with Crippen molar-refractivity contribution in [1.82, 2.24) is 9.88 Å². The number of aromatic nitrogens is 1. The fourth-order valence-electron chi connectivity index (χ4n) is 2.89. The summed E-state index contributed by atoms with van der Waals surface area (Å²) in [7, 11) is 0. The number of carbonyl (C=O) groups excluding carboxylic acids is 1. The van der Waals surface area contributed by atoms with Gasteiger partial charge in [0.15, 0.2) is 0 Å². The Hall–Kier alpha value is -2.27. The molecule has 2 heterocycles. The minimum atomic E-state index is -0.0761. The number of aromatic amines is 1. The van der Waals surface area contributed by atoms with Crippen molar-refractivity contribution in [2.24, 2.45) is 0 Å². The van der Waals surface area contributed by atoms with Crippen molar-refractivity contribution in [3.63, 3.8) is 0 Å². The van der Waals surface area contributed by atoms with E-state index in [4.69, 9.17) is 0 Å². The molecule has 2 N–H and O–H groups in total. The number of H-pyrrole nitrogens is 1. The van der Waals surface area contributed by atoms with Crippen LogP contribution < -0.4 is 5.32 Å². The molecule has 0 unspecified atom stereocenters. The van der Waals surface area contributed by atoms with Gasteiger partial charge in [0.1, 0.15) is 0 Å². The molecule has 1 aliphatic heterocycles. The van der Waals surface area contributed by atoms with Gasteiger partial charge in [0.2, 0.25) is 0 Å². The first-order valence-electron chi connectivity index (χ1n) is 7.10. The molecule has 0 bridgehead atoms. The van der Waals surface area contributed by atoms with Gasteiger partial charge < -0.3 is 15.2 Å². The average Bonchev–Trinajstić information content (AvgIpc) is 3.13. The number of urea groups is 1. The SMILES string of the molecule is O=C(Nc1c[nH]c2ccccc12)N1Cc2cccc(Br)c2C1. The summed E-state index contributed by atoms with van der Waals surface area (Å²) in [6.07, 6.45) is 1.84. The van der Waals surface area contributed by atoms with Crippen molar-refractivity contribution in [2.45, 2.75) is 13.1 Å². The number of halogens is 1. The molecule has 0 aliphatic carbocycles. The molecule has 0 fully saturated rings. The van der Waals surface area contributed by atoms with Crippen LogP contribution in [0.25, 0.3) is 10.9 Å². The van der Waals surface area contributed by atoms with Crippen LogP contribution in [0.2, 0.25) is 0 Å². The molecule has 4 nitrogen and oxygen atoms in total. The smallest absolute Gasteiger partial charge is 0.322 e. The zero-order chi connectivity index (χ0) is 15.1. The first kappa shape index (κ1) is 13.4. The van der Waals surface area contributed by atoms with Crippen LogP contribution >= 0.6 is 15.9 Å². The van der Waals surface area contributed by atoms with Gasteiger partial charge in [0, 0.05) is 34.7 Å². The maximum Gasteiger partial charge on any atom is 0.322 e. The van der Waals surface area contributed by atoms with Crippen molar-refractivity contribution >= 4 is 38.6 Å². The van der Waals surface area contributed by atoms with Gasteiger partial charge in [-0.2, -0.15) is 0 Å². The molecule has 0 radical (unpaired) electrons. The molecule has 0 spiro atoms. The number of carbonyl (C=O) groups is 1. The summed E-state index contributed by atoms with van der Waals surface area (Å²) in [5.74, 6) is 0. The Morgan fingerprint density at radius 2 is 2.00 bits per heavy atom. The summed E-state index contributed by atoms with van der Waals surface area (Å²) in [6, 6.07) is 13.9. The van der Waals surface area contributed by atoms with E-state index < -0.39 is 0 Å². The van der Waals surface area contributed by atoms with Gasteiger partial charge in [-0.15, -0.1) is 0 Å². The number of hydrogen-bond acceptors (Lipinski definition) is 1. The highest BCUT2D eigenvalue weighted by atomic mass is 79.9. The second-order valence-electron chi connectivity index (χ2n) is 5.41. The summed E-state index contributed by atoms with van der Waals surface area (Å²) in [5.41, 5.74) is 4.22. The van der Waals surface area contributed by atoms with E-state index in [2.05, 4.69) is 32.3 Å². The molecule has 5 heteroatoms. The fraction of sp³-hybridized carbons (Fsp3) is 0.118. The van der Waals surface area contributed by atoms with Gasteiger partial charge in [-0.1, -0.05) is 46.3 Å². The first-order chi connectivity index (χ1) is 10.7. The quantitative estimate of drug-likeness (QED) is 0.664. The van der Waals surface area contributed by atoms with Gasteiger partial charge >= 0.3 is 6.03 Å². The summed E-state index contributed by atoms with van der Waals surface area (Å²) >= 11 is 3.55. The number of benzene rings is 2. The third kappa shape index (κ3) is 2.18.